The number of ether oxygens (including phenoxy) is 1. The normalized spacial score (nSPS) is 11.0. The molecule has 2 aromatic rings. The average Bonchev–Trinajstić information content (AvgIpc) is 2.68. The highest BCUT2D eigenvalue weighted by atomic mass is 32.1. The van der Waals surface area contributed by atoms with Crippen molar-refractivity contribution in [1.29, 1.82) is 0 Å². The molecule has 0 spiro atoms. The molecule has 0 aliphatic carbocycles. The second kappa shape index (κ2) is 5.88. The molecule has 0 amide bonds. The van der Waals surface area contributed by atoms with Crippen LogP contribution in [0.25, 0.3) is 0 Å². The molecule has 0 unspecified atom stereocenters. The highest BCUT2D eigenvalue weighted by Crippen LogP contribution is 2.14. The minimum absolute atomic E-state index is 0.122. The molecular formula is C12H12N2O2S2. The molecule has 0 aliphatic heterocycles. The minimum atomic E-state index is -0.122. The number of hydrogen-bond donors (Lipinski definition) is 2. The van der Waals surface area contributed by atoms with Gasteiger partial charge in [0.15, 0.2) is 0 Å². The van der Waals surface area contributed by atoms with Crippen molar-refractivity contribution in [1.82, 2.24) is 4.98 Å². The van der Waals surface area contributed by atoms with Gasteiger partial charge in [-0.15, -0.1) is 12.6 Å². The van der Waals surface area contributed by atoms with Crippen LogP contribution in [0.2, 0.25) is 0 Å². The van der Waals surface area contributed by atoms with Crippen LogP contribution in [-0.2, 0) is 6.54 Å². The maximum absolute atomic E-state index is 11.1. The van der Waals surface area contributed by atoms with Crippen molar-refractivity contribution in [3.8, 4) is 5.75 Å². The number of nitrogens with one attached hydrogen (secondary N) is 1. The van der Waals surface area contributed by atoms with Crippen LogP contribution in [0.4, 0.5) is 0 Å². The Hall–Kier alpha value is -1.53. The monoisotopic (exact) mass is 280 g/mol. The Balaban J connectivity index is 2.07. The number of benzene rings is 1. The molecule has 1 heterocycles. The third-order valence-corrected chi connectivity index (χ3v) is 3.59. The molecule has 0 saturated heterocycles. The number of aliphatic imine (C=N–C) groups is 1. The number of aromatic amines is 1. The summed E-state index contributed by atoms with van der Waals surface area (Å²) in [5.74, 6) is 0.809. The zero-order valence-corrected chi connectivity index (χ0v) is 11.4. The summed E-state index contributed by atoms with van der Waals surface area (Å²) < 4.78 is 5.13. The Labute approximate surface area is 114 Å². The standard InChI is InChI=1S/C12H12N2O2S2/c1-16-9-4-2-3-8(5-9)6-13-7-10-11(17)14-12(15)18-10/h2-5,7,17H,6H2,1H3,(H,14,15). The van der Waals surface area contributed by atoms with Crippen LogP contribution in [0.3, 0.4) is 0 Å². The van der Waals surface area contributed by atoms with E-state index >= 15 is 0 Å². The molecule has 1 N–H and O–H groups in total. The third kappa shape index (κ3) is 3.24. The Morgan fingerprint density at radius 1 is 1.56 bits per heavy atom. The quantitative estimate of drug-likeness (QED) is 0.667. The van der Waals surface area contributed by atoms with Crippen molar-refractivity contribution in [3.05, 3.63) is 44.4 Å². The number of H-pyrrole nitrogens is 1. The second-order valence-electron chi connectivity index (χ2n) is 3.55. The molecule has 0 saturated carbocycles. The van der Waals surface area contributed by atoms with Crippen molar-refractivity contribution in [3.63, 3.8) is 0 Å². The fourth-order valence-corrected chi connectivity index (χ4v) is 2.42. The highest BCUT2D eigenvalue weighted by molar-refractivity contribution is 7.80. The van der Waals surface area contributed by atoms with Crippen LogP contribution in [-0.4, -0.2) is 18.3 Å². The molecule has 0 atom stereocenters. The molecule has 0 bridgehead atoms. The van der Waals surface area contributed by atoms with Gasteiger partial charge in [-0.1, -0.05) is 23.5 Å². The van der Waals surface area contributed by atoms with E-state index in [0.717, 1.165) is 27.5 Å². The fraction of sp³-hybridized carbons (Fsp3) is 0.167. The Morgan fingerprint density at radius 3 is 3.06 bits per heavy atom. The summed E-state index contributed by atoms with van der Waals surface area (Å²) >= 11 is 5.25. The van der Waals surface area contributed by atoms with E-state index < -0.39 is 0 Å². The van der Waals surface area contributed by atoms with Crippen LogP contribution in [0, 0.1) is 0 Å². The van der Waals surface area contributed by atoms with Gasteiger partial charge >= 0.3 is 4.87 Å². The second-order valence-corrected chi connectivity index (χ2v) is 5.01. The van der Waals surface area contributed by atoms with Crippen LogP contribution < -0.4 is 9.61 Å². The SMILES string of the molecule is COc1cccc(CN=Cc2sc(=O)[nH]c2S)c1. The molecule has 0 fully saturated rings. The Kier molecular flexibility index (Phi) is 4.22. The average molecular weight is 280 g/mol. The smallest absolute Gasteiger partial charge is 0.305 e. The van der Waals surface area contributed by atoms with Gasteiger partial charge in [-0.05, 0) is 17.7 Å². The predicted molar refractivity (Wildman–Crippen MR) is 76.5 cm³/mol. The van der Waals surface area contributed by atoms with Crippen molar-refractivity contribution in [2.75, 3.05) is 7.11 Å². The fourth-order valence-electron chi connectivity index (χ4n) is 1.42. The number of rotatable bonds is 4. The van der Waals surface area contributed by atoms with E-state index in [-0.39, 0.29) is 4.87 Å². The molecule has 6 heteroatoms. The van der Waals surface area contributed by atoms with E-state index in [2.05, 4.69) is 22.6 Å². The van der Waals surface area contributed by atoms with E-state index in [1.165, 1.54) is 0 Å². The number of hydrogen-bond acceptors (Lipinski definition) is 5. The minimum Gasteiger partial charge on any atom is -0.497 e. The molecule has 4 nitrogen and oxygen atoms in total. The Morgan fingerprint density at radius 2 is 2.39 bits per heavy atom. The maximum atomic E-state index is 11.1. The van der Waals surface area contributed by atoms with Gasteiger partial charge < -0.3 is 9.72 Å². The molecule has 0 aliphatic rings. The summed E-state index contributed by atoms with van der Waals surface area (Å²) in [4.78, 5) is 18.6. The molecule has 18 heavy (non-hydrogen) atoms. The lowest BCUT2D eigenvalue weighted by Crippen LogP contribution is -1.89. The Bertz CT molecular complexity index is 617. The van der Waals surface area contributed by atoms with Crippen molar-refractivity contribution in [2.24, 2.45) is 4.99 Å². The first kappa shape index (κ1) is 12.9. The maximum Gasteiger partial charge on any atom is 0.305 e. The van der Waals surface area contributed by atoms with E-state index in [9.17, 15) is 4.79 Å². The zero-order valence-electron chi connectivity index (χ0n) is 9.71. The molecule has 0 radical (unpaired) electrons. The first-order valence-corrected chi connectivity index (χ1v) is 6.50. The topological polar surface area (TPSA) is 54.4 Å². The van der Waals surface area contributed by atoms with E-state index in [4.69, 9.17) is 4.74 Å². The van der Waals surface area contributed by atoms with Crippen LogP contribution in [0.15, 0.2) is 39.1 Å². The van der Waals surface area contributed by atoms with Gasteiger partial charge in [0.25, 0.3) is 0 Å². The molecule has 1 aromatic carbocycles. The lowest BCUT2D eigenvalue weighted by Gasteiger charge is -2.01. The summed E-state index contributed by atoms with van der Waals surface area (Å²) in [6.07, 6.45) is 1.66. The first-order valence-electron chi connectivity index (χ1n) is 5.24. The van der Waals surface area contributed by atoms with Crippen molar-refractivity contribution >= 4 is 30.2 Å². The van der Waals surface area contributed by atoms with Gasteiger partial charge in [0.2, 0.25) is 0 Å². The molecular weight excluding hydrogens is 268 g/mol. The van der Waals surface area contributed by atoms with E-state index in [1.54, 1.807) is 13.3 Å². The number of aromatic nitrogens is 1. The molecule has 94 valence electrons. The first-order chi connectivity index (χ1) is 8.69. The van der Waals surface area contributed by atoms with Gasteiger partial charge in [-0.3, -0.25) is 9.79 Å². The summed E-state index contributed by atoms with van der Waals surface area (Å²) in [5.41, 5.74) is 1.05. The predicted octanol–water partition coefficient (Wildman–Crippen LogP) is 2.35. The lowest BCUT2D eigenvalue weighted by molar-refractivity contribution is 0.414. The molecule has 1 aromatic heterocycles. The van der Waals surface area contributed by atoms with Crippen molar-refractivity contribution < 1.29 is 4.74 Å². The third-order valence-electron chi connectivity index (χ3n) is 2.27. The molecule has 2 rings (SSSR count). The summed E-state index contributed by atoms with van der Waals surface area (Å²) in [5, 5.41) is 0.555. The number of thiol groups is 1. The summed E-state index contributed by atoms with van der Waals surface area (Å²) in [7, 11) is 1.63. The van der Waals surface area contributed by atoms with Crippen LogP contribution in [0.1, 0.15) is 10.4 Å². The van der Waals surface area contributed by atoms with E-state index in [0.29, 0.717) is 11.6 Å². The number of nitrogens with zero attached hydrogens (tertiary/aromatic N) is 1. The van der Waals surface area contributed by atoms with Crippen molar-refractivity contribution in [2.45, 2.75) is 11.6 Å². The number of thiazole rings is 1. The summed E-state index contributed by atoms with van der Waals surface area (Å²) in [6.45, 7) is 0.538. The largest absolute Gasteiger partial charge is 0.497 e. The zero-order chi connectivity index (χ0) is 13.0. The summed E-state index contributed by atoms with van der Waals surface area (Å²) in [6, 6.07) is 7.71. The number of methoxy groups -OCH3 is 1. The van der Waals surface area contributed by atoms with Gasteiger partial charge in [-0.25, -0.2) is 0 Å². The van der Waals surface area contributed by atoms with Gasteiger partial charge in [0.05, 0.1) is 23.6 Å². The van der Waals surface area contributed by atoms with E-state index in [1.807, 2.05) is 24.3 Å². The van der Waals surface area contributed by atoms with Gasteiger partial charge in [0, 0.05) is 6.21 Å². The van der Waals surface area contributed by atoms with Gasteiger partial charge in [-0.2, -0.15) is 0 Å². The highest BCUT2D eigenvalue weighted by Gasteiger charge is 2.00. The van der Waals surface area contributed by atoms with Crippen LogP contribution >= 0.6 is 24.0 Å². The van der Waals surface area contributed by atoms with Crippen LogP contribution in [0.5, 0.6) is 5.75 Å². The van der Waals surface area contributed by atoms with Gasteiger partial charge in [0.1, 0.15) is 5.75 Å². The lowest BCUT2D eigenvalue weighted by atomic mass is 10.2.